The summed E-state index contributed by atoms with van der Waals surface area (Å²) < 4.78 is 6.20. The molecule has 9 heteroatoms. The number of benzene rings is 2. The first-order chi connectivity index (χ1) is 13.8. The first kappa shape index (κ1) is 22.4. The van der Waals surface area contributed by atoms with Crippen molar-refractivity contribution < 1.29 is 29.4 Å². The molecule has 0 unspecified atom stereocenters. The minimum Gasteiger partial charge on any atom is -0.508 e. The summed E-state index contributed by atoms with van der Waals surface area (Å²) in [5.74, 6) is -2.08. The number of phenolic OH excluding ortho intramolecular Hbond substituents is 1. The van der Waals surface area contributed by atoms with E-state index < -0.39 is 29.9 Å². The standard InChI is InChI=1S/C20H19IN2O6/c1-12(7-10-17(25)23-28)18(15-11-14(21)8-9-16(15)24)29-20(27)22-19(26)13-5-3-2-4-6-13/h2-12,18,24,28H,1H3,(H,23,25)(H,22,26,27)/b10-7+/t12-,18+/m0/s1. The van der Waals surface area contributed by atoms with Crippen LogP contribution in [0.25, 0.3) is 0 Å². The van der Waals surface area contributed by atoms with Crippen molar-refractivity contribution in [2.24, 2.45) is 5.92 Å². The number of imide groups is 1. The SMILES string of the molecule is C[C@@H](/C=C/C(=O)NO)[C@@H](OC(=O)NC(=O)c1ccccc1)c1cc(I)ccc1O. The molecule has 0 spiro atoms. The number of carbonyl (C=O) groups excluding carboxylic acids is 3. The fraction of sp³-hybridized carbons (Fsp3) is 0.150. The quantitative estimate of drug-likeness (QED) is 0.205. The molecule has 0 aliphatic carbocycles. The van der Waals surface area contributed by atoms with E-state index in [9.17, 15) is 19.5 Å². The summed E-state index contributed by atoms with van der Waals surface area (Å²) in [5.41, 5.74) is 2.05. The van der Waals surface area contributed by atoms with Gasteiger partial charge in [-0.05, 0) is 52.9 Å². The first-order valence-corrected chi connectivity index (χ1v) is 9.57. The number of phenols is 1. The Morgan fingerprint density at radius 3 is 2.48 bits per heavy atom. The van der Waals surface area contributed by atoms with E-state index in [1.54, 1.807) is 49.4 Å². The van der Waals surface area contributed by atoms with Gasteiger partial charge >= 0.3 is 6.09 Å². The second kappa shape index (κ2) is 10.6. The lowest BCUT2D eigenvalue weighted by Gasteiger charge is -2.23. The van der Waals surface area contributed by atoms with Crippen LogP contribution in [-0.2, 0) is 9.53 Å². The number of carbonyl (C=O) groups is 3. The van der Waals surface area contributed by atoms with Crippen LogP contribution in [-0.4, -0.2) is 28.2 Å². The molecule has 4 N–H and O–H groups in total. The van der Waals surface area contributed by atoms with Crippen molar-refractivity contribution in [3.05, 3.63) is 75.4 Å². The number of rotatable bonds is 6. The maximum absolute atomic E-state index is 12.3. The average molecular weight is 510 g/mol. The normalized spacial score (nSPS) is 12.8. The van der Waals surface area contributed by atoms with Gasteiger partial charge in [-0.15, -0.1) is 0 Å². The molecule has 0 aliphatic heterocycles. The summed E-state index contributed by atoms with van der Waals surface area (Å²) in [4.78, 5) is 35.7. The molecule has 2 atom stereocenters. The highest BCUT2D eigenvalue weighted by Crippen LogP contribution is 2.34. The molecule has 0 aliphatic rings. The van der Waals surface area contributed by atoms with Gasteiger partial charge < -0.3 is 9.84 Å². The molecule has 0 saturated carbocycles. The molecule has 0 radical (unpaired) electrons. The average Bonchev–Trinajstić information content (AvgIpc) is 2.72. The van der Waals surface area contributed by atoms with E-state index in [2.05, 4.69) is 5.32 Å². The van der Waals surface area contributed by atoms with Gasteiger partial charge in [-0.25, -0.2) is 10.3 Å². The van der Waals surface area contributed by atoms with Gasteiger partial charge in [-0.3, -0.25) is 20.1 Å². The fourth-order valence-corrected chi connectivity index (χ4v) is 3.00. The summed E-state index contributed by atoms with van der Waals surface area (Å²) in [5, 5.41) is 21.0. The minimum absolute atomic E-state index is 0.107. The number of ether oxygens (including phenoxy) is 1. The van der Waals surface area contributed by atoms with Gasteiger partial charge in [-0.1, -0.05) is 31.2 Å². The molecule has 0 aromatic heterocycles. The lowest BCUT2D eigenvalue weighted by Crippen LogP contribution is -2.33. The van der Waals surface area contributed by atoms with Crippen LogP contribution in [0.15, 0.2) is 60.7 Å². The highest BCUT2D eigenvalue weighted by molar-refractivity contribution is 14.1. The maximum Gasteiger partial charge on any atom is 0.414 e. The van der Waals surface area contributed by atoms with E-state index >= 15 is 0 Å². The molecular weight excluding hydrogens is 491 g/mol. The summed E-state index contributed by atoms with van der Waals surface area (Å²) in [6.07, 6.45) is 0.464. The Morgan fingerprint density at radius 1 is 1.14 bits per heavy atom. The van der Waals surface area contributed by atoms with Gasteiger partial charge in [0, 0.05) is 26.7 Å². The molecule has 0 bridgehead atoms. The second-order valence-electron chi connectivity index (χ2n) is 6.04. The zero-order chi connectivity index (χ0) is 21.4. The van der Waals surface area contributed by atoms with Gasteiger partial charge in [0.05, 0.1) is 0 Å². The van der Waals surface area contributed by atoms with E-state index in [1.807, 2.05) is 22.6 Å². The molecular formula is C20H19IN2O6. The number of amides is 3. The number of halogens is 1. The molecule has 29 heavy (non-hydrogen) atoms. The molecule has 3 amide bonds. The van der Waals surface area contributed by atoms with Crippen molar-refractivity contribution in [2.45, 2.75) is 13.0 Å². The summed E-state index contributed by atoms with van der Waals surface area (Å²) in [7, 11) is 0. The van der Waals surface area contributed by atoms with Crippen LogP contribution >= 0.6 is 22.6 Å². The van der Waals surface area contributed by atoms with E-state index in [0.717, 1.165) is 9.65 Å². The predicted molar refractivity (Wildman–Crippen MR) is 112 cm³/mol. The third-order valence-electron chi connectivity index (χ3n) is 3.92. The molecule has 2 rings (SSSR count). The van der Waals surface area contributed by atoms with Crippen molar-refractivity contribution in [3.8, 4) is 5.75 Å². The molecule has 0 saturated heterocycles. The van der Waals surface area contributed by atoms with E-state index in [1.165, 1.54) is 17.6 Å². The van der Waals surface area contributed by atoms with Crippen molar-refractivity contribution in [2.75, 3.05) is 0 Å². The Labute approximate surface area is 180 Å². The smallest absolute Gasteiger partial charge is 0.414 e. The van der Waals surface area contributed by atoms with Crippen molar-refractivity contribution >= 4 is 40.5 Å². The summed E-state index contributed by atoms with van der Waals surface area (Å²) in [6.45, 7) is 1.65. The summed E-state index contributed by atoms with van der Waals surface area (Å²) >= 11 is 2.04. The Bertz CT molecular complexity index is 916. The highest BCUT2D eigenvalue weighted by atomic mass is 127. The maximum atomic E-state index is 12.3. The number of aromatic hydroxyl groups is 1. The van der Waals surface area contributed by atoms with Crippen molar-refractivity contribution in [1.29, 1.82) is 0 Å². The number of alkyl carbamates (subject to hydrolysis) is 1. The van der Waals surface area contributed by atoms with Crippen LogP contribution in [0.4, 0.5) is 4.79 Å². The third-order valence-corrected chi connectivity index (χ3v) is 4.59. The van der Waals surface area contributed by atoms with Crippen LogP contribution in [0.3, 0.4) is 0 Å². The second-order valence-corrected chi connectivity index (χ2v) is 7.29. The Hall–Kier alpha value is -2.92. The van der Waals surface area contributed by atoms with Crippen molar-refractivity contribution in [1.82, 2.24) is 10.8 Å². The van der Waals surface area contributed by atoms with Gasteiger partial charge in [0.1, 0.15) is 11.9 Å². The molecule has 152 valence electrons. The largest absolute Gasteiger partial charge is 0.508 e. The predicted octanol–water partition coefficient (Wildman–Crippen LogP) is 3.30. The lowest BCUT2D eigenvalue weighted by molar-refractivity contribution is -0.124. The zero-order valence-corrected chi connectivity index (χ0v) is 17.5. The molecule has 0 fully saturated rings. The third kappa shape index (κ3) is 6.57. The summed E-state index contributed by atoms with van der Waals surface area (Å²) in [6, 6.07) is 12.9. The van der Waals surface area contributed by atoms with Crippen LogP contribution < -0.4 is 10.8 Å². The van der Waals surface area contributed by atoms with Crippen LogP contribution in [0.2, 0.25) is 0 Å². The highest BCUT2D eigenvalue weighted by Gasteiger charge is 2.26. The Morgan fingerprint density at radius 2 is 1.83 bits per heavy atom. The molecule has 8 nitrogen and oxygen atoms in total. The monoisotopic (exact) mass is 510 g/mol. The minimum atomic E-state index is -1.01. The van der Waals surface area contributed by atoms with Gasteiger partial charge in [0.25, 0.3) is 11.8 Å². The molecule has 2 aromatic carbocycles. The van der Waals surface area contributed by atoms with Crippen LogP contribution in [0.5, 0.6) is 5.75 Å². The zero-order valence-electron chi connectivity index (χ0n) is 15.3. The molecule has 2 aromatic rings. The van der Waals surface area contributed by atoms with E-state index in [4.69, 9.17) is 9.94 Å². The fourth-order valence-electron chi connectivity index (χ4n) is 2.48. The Kier molecular flexibility index (Phi) is 8.16. The van der Waals surface area contributed by atoms with Crippen LogP contribution in [0.1, 0.15) is 28.9 Å². The number of hydrogen-bond acceptors (Lipinski definition) is 6. The Balaban J connectivity index is 2.23. The topological polar surface area (TPSA) is 125 Å². The van der Waals surface area contributed by atoms with Gasteiger partial charge in [0.2, 0.25) is 0 Å². The number of hydrogen-bond donors (Lipinski definition) is 4. The van der Waals surface area contributed by atoms with Crippen molar-refractivity contribution in [3.63, 3.8) is 0 Å². The van der Waals surface area contributed by atoms with E-state index in [0.29, 0.717) is 5.56 Å². The van der Waals surface area contributed by atoms with E-state index in [-0.39, 0.29) is 11.3 Å². The molecule has 0 heterocycles. The number of hydroxylamine groups is 1. The van der Waals surface area contributed by atoms with Gasteiger partial charge in [0.15, 0.2) is 0 Å². The van der Waals surface area contributed by atoms with Gasteiger partial charge in [-0.2, -0.15) is 0 Å². The van der Waals surface area contributed by atoms with Crippen LogP contribution in [0, 0.1) is 9.49 Å². The lowest BCUT2D eigenvalue weighted by atomic mass is 9.96. The first-order valence-electron chi connectivity index (χ1n) is 8.49. The number of nitrogens with one attached hydrogen (secondary N) is 2.